The van der Waals surface area contributed by atoms with Crippen LogP contribution in [0, 0.1) is 11.3 Å². The summed E-state index contributed by atoms with van der Waals surface area (Å²) < 4.78 is 21.5. The Hall–Kier alpha value is -3.11. The molecule has 0 saturated carbocycles. The molecule has 0 aliphatic carbocycles. The Kier molecular flexibility index (Phi) is 6.96. The highest BCUT2D eigenvalue weighted by Crippen LogP contribution is 2.44. The van der Waals surface area contributed by atoms with Crippen LogP contribution in [-0.2, 0) is 14.3 Å². The standard InChI is InChI=1S/C20H21ClN2O5/c1-5-7-27-18-14(21)8-12(9-15(18)25-4)17-13(10-22)19(23)28-11(3)16(17)20(24)26-6-2/h5,8-9,17H,1,6-7,23H2,2-4H3. The Bertz CT molecular complexity index is 899. The van der Waals surface area contributed by atoms with E-state index in [1.807, 2.05) is 6.07 Å². The minimum atomic E-state index is -0.822. The van der Waals surface area contributed by atoms with Crippen molar-refractivity contribution in [2.24, 2.45) is 5.73 Å². The molecule has 1 unspecified atom stereocenters. The Morgan fingerprint density at radius 3 is 2.79 bits per heavy atom. The third-order valence-electron chi connectivity index (χ3n) is 4.03. The maximum Gasteiger partial charge on any atom is 0.338 e. The molecule has 0 fully saturated rings. The number of carbonyl (C=O) groups is 1. The molecule has 0 spiro atoms. The summed E-state index contributed by atoms with van der Waals surface area (Å²) in [6.45, 7) is 7.27. The van der Waals surface area contributed by atoms with Crippen molar-refractivity contribution < 1.29 is 23.7 Å². The summed E-state index contributed by atoms with van der Waals surface area (Å²) in [6, 6.07) is 5.24. The van der Waals surface area contributed by atoms with Crippen molar-refractivity contribution >= 4 is 17.6 Å². The molecule has 1 aliphatic rings. The lowest BCUT2D eigenvalue weighted by Gasteiger charge is -2.27. The number of esters is 1. The zero-order valence-electron chi connectivity index (χ0n) is 15.9. The number of halogens is 1. The summed E-state index contributed by atoms with van der Waals surface area (Å²) in [4.78, 5) is 12.6. The molecule has 0 amide bonds. The number of nitriles is 1. The van der Waals surface area contributed by atoms with Crippen molar-refractivity contribution in [2.45, 2.75) is 19.8 Å². The van der Waals surface area contributed by atoms with E-state index in [1.54, 1.807) is 32.1 Å². The van der Waals surface area contributed by atoms with E-state index in [0.29, 0.717) is 17.1 Å². The van der Waals surface area contributed by atoms with Crippen LogP contribution in [-0.4, -0.2) is 26.3 Å². The largest absolute Gasteiger partial charge is 0.493 e. The number of carbonyl (C=O) groups excluding carboxylic acids is 1. The van der Waals surface area contributed by atoms with Gasteiger partial charge in [0.2, 0.25) is 5.88 Å². The second-order valence-corrected chi connectivity index (χ2v) is 6.16. The monoisotopic (exact) mass is 404 g/mol. The summed E-state index contributed by atoms with van der Waals surface area (Å²) in [5.41, 5.74) is 6.66. The first-order valence-corrected chi connectivity index (χ1v) is 8.83. The Labute approximate surface area is 168 Å². The minimum absolute atomic E-state index is 0.0755. The molecule has 0 bridgehead atoms. The van der Waals surface area contributed by atoms with E-state index in [1.165, 1.54) is 7.11 Å². The van der Waals surface area contributed by atoms with Crippen LogP contribution in [0.1, 0.15) is 25.3 Å². The van der Waals surface area contributed by atoms with Crippen LogP contribution in [0.15, 0.2) is 47.6 Å². The predicted molar refractivity (Wildman–Crippen MR) is 104 cm³/mol. The maximum absolute atomic E-state index is 12.6. The minimum Gasteiger partial charge on any atom is -0.493 e. The van der Waals surface area contributed by atoms with Gasteiger partial charge in [0.05, 0.1) is 30.2 Å². The van der Waals surface area contributed by atoms with Gasteiger partial charge in [0.15, 0.2) is 11.5 Å². The number of allylic oxidation sites excluding steroid dienone is 2. The van der Waals surface area contributed by atoms with E-state index in [-0.39, 0.29) is 41.0 Å². The topological polar surface area (TPSA) is 104 Å². The molecule has 0 saturated heterocycles. The quantitative estimate of drug-likeness (QED) is 0.547. The smallest absolute Gasteiger partial charge is 0.338 e. The Morgan fingerprint density at radius 1 is 1.50 bits per heavy atom. The molecular formula is C20H21ClN2O5. The van der Waals surface area contributed by atoms with Crippen molar-refractivity contribution in [3.63, 3.8) is 0 Å². The number of hydrogen-bond donors (Lipinski definition) is 1. The average Bonchev–Trinajstić information content (AvgIpc) is 2.66. The molecule has 2 rings (SSSR count). The van der Waals surface area contributed by atoms with Gasteiger partial charge in [0, 0.05) is 0 Å². The van der Waals surface area contributed by atoms with Gasteiger partial charge in [-0.3, -0.25) is 0 Å². The van der Waals surface area contributed by atoms with Gasteiger partial charge in [0.1, 0.15) is 24.0 Å². The number of ether oxygens (including phenoxy) is 4. The third kappa shape index (κ3) is 4.07. The normalized spacial score (nSPS) is 16.2. The van der Waals surface area contributed by atoms with E-state index in [4.69, 9.17) is 36.3 Å². The van der Waals surface area contributed by atoms with Crippen molar-refractivity contribution in [1.29, 1.82) is 5.26 Å². The van der Waals surface area contributed by atoms with Crippen molar-refractivity contribution in [1.82, 2.24) is 0 Å². The van der Waals surface area contributed by atoms with Gasteiger partial charge in [-0.15, -0.1) is 0 Å². The lowest BCUT2D eigenvalue weighted by molar-refractivity contribution is -0.139. The lowest BCUT2D eigenvalue weighted by atomic mass is 9.83. The molecule has 28 heavy (non-hydrogen) atoms. The predicted octanol–water partition coefficient (Wildman–Crippen LogP) is 3.56. The summed E-state index contributed by atoms with van der Waals surface area (Å²) >= 11 is 6.39. The zero-order chi connectivity index (χ0) is 20.8. The van der Waals surface area contributed by atoms with Crippen LogP contribution < -0.4 is 15.2 Å². The average molecular weight is 405 g/mol. The van der Waals surface area contributed by atoms with Crippen molar-refractivity contribution in [2.75, 3.05) is 20.3 Å². The molecule has 1 aromatic carbocycles. The summed E-state index contributed by atoms with van der Waals surface area (Å²) in [5.74, 6) is -0.589. The number of rotatable bonds is 7. The van der Waals surface area contributed by atoms with Gasteiger partial charge in [-0.25, -0.2) is 4.79 Å². The molecule has 1 aliphatic heterocycles. The highest BCUT2D eigenvalue weighted by molar-refractivity contribution is 6.32. The molecule has 148 valence electrons. The van der Waals surface area contributed by atoms with Gasteiger partial charge < -0.3 is 24.7 Å². The Morgan fingerprint density at radius 2 is 2.21 bits per heavy atom. The number of methoxy groups -OCH3 is 1. The van der Waals surface area contributed by atoms with Gasteiger partial charge in [0.25, 0.3) is 0 Å². The van der Waals surface area contributed by atoms with E-state index in [2.05, 4.69) is 6.58 Å². The number of hydrogen-bond acceptors (Lipinski definition) is 7. The SMILES string of the molecule is C=CCOc1c(Cl)cc(C2C(C#N)=C(N)OC(C)=C2C(=O)OCC)cc1OC. The van der Waals surface area contributed by atoms with E-state index in [0.717, 1.165) is 0 Å². The first-order valence-electron chi connectivity index (χ1n) is 8.46. The molecule has 1 heterocycles. The highest BCUT2D eigenvalue weighted by atomic mass is 35.5. The summed E-state index contributed by atoms with van der Waals surface area (Å²) in [5, 5.41) is 9.88. The van der Waals surface area contributed by atoms with E-state index >= 15 is 0 Å². The first-order chi connectivity index (χ1) is 13.4. The second kappa shape index (κ2) is 9.20. The van der Waals surface area contributed by atoms with Crippen molar-refractivity contribution in [3.05, 3.63) is 58.2 Å². The fourth-order valence-corrected chi connectivity index (χ4v) is 3.15. The third-order valence-corrected chi connectivity index (χ3v) is 4.31. The van der Waals surface area contributed by atoms with Crippen LogP contribution >= 0.6 is 11.6 Å². The zero-order valence-corrected chi connectivity index (χ0v) is 16.6. The van der Waals surface area contributed by atoms with Gasteiger partial charge in [-0.05, 0) is 31.5 Å². The molecule has 2 N–H and O–H groups in total. The maximum atomic E-state index is 12.6. The molecule has 0 radical (unpaired) electrons. The van der Waals surface area contributed by atoms with Crippen LogP contribution in [0.2, 0.25) is 5.02 Å². The van der Waals surface area contributed by atoms with Crippen LogP contribution in [0.4, 0.5) is 0 Å². The Balaban J connectivity index is 2.67. The molecule has 0 aromatic heterocycles. The number of benzene rings is 1. The fourth-order valence-electron chi connectivity index (χ4n) is 2.88. The molecule has 1 aromatic rings. The van der Waals surface area contributed by atoms with Crippen LogP contribution in [0.3, 0.4) is 0 Å². The van der Waals surface area contributed by atoms with Gasteiger partial charge in [-0.1, -0.05) is 24.3 Å². The van der Waals surface area contributed by atoms with E-state index < -0.39 is 11.9 Å². The fraction of sp³-hybridized carbons (Fsp3) is 0.300. The van der Waals surface area contributed by atoms with Crippen molar-refractivity contribution in [3.8, 4) is 17.6 Å². The highest BCUT2D eigenvalue weighted by Gasteiger charge is 2.37. The number of nitrogens with zero attached hydrogens (tertiary/aromatic N) is 1. The second-order valence-electron chi connectivity index (χ2n) is 5.75. The molecule has 8 heteroatoms. The van der Waals surface area contributed by atoms with Crippen LogP contribution in [0.5, 0.6) is 11.5 Å². The molecule has 1 atom stereocenters. The number of nitrogens with two attached hydrogens (primary N) is 1. The summed E-state index contributed by atoms with van der Waals surface area (Å²) in [6.07, 6.45) is 1.57. The first kappa shape index (κ1) is 21.2. The van der Waals surface area contributed by atoms with Crippen LogP contribution in [0.25, 0.3) is 0 Å². The summed E-state index contributed by atoms with van der Waals surface area (Å²) in [7, 11) is 1.46. The van der Waals surface area contributed by atoms with Gasteiger partial charge >= 0.3 is 5.97 Å². The lowest BCUT2D eigenvalue weighted by Crippen LogP contribution is -2.25. The molecular weight excluding hydrogens is 384 g/mol. The molecule has 7 nitrogen and oxygen atoms in total. The van der Waals surface area contributed by atoms with Gasteiger partial charge in [-0.2, -0.15) is 5.26 Å². The van der Waals surface area contributed by atoms with E-state index in [9.17, 15) is 10.1 Å².